The molecule has 2 rings (SSSR count). The Labute approximate surface area is 107 Å². The molecule has 4 heteroatoms. The molecular formula is C13H20N2OS. The van der Waals surface area contributed by atoms with Crippen LogP contribution in [0.5, 0.6) is 0 Å². The molecule has 1 atom stereocenters. The molecule has 0 spiro atoms. The zero-order chi connectivity index (χ0) is 12.1. The van der Waals surface area contributed by atoms with Gasteiger partial charge in [-0.1, -0.05) is 6.07 Å². The Morgan fingerprint density at radius 2 is 2.53 bits per heavy atom. The normalized spacial score (nSPS) is 20.2. The van der Waals surface area contributed by atoms with Crippen LogP contribution in [0.1, 0.15) is 17.7 Å². The van der Waals surface area contributed by atoms with Crippen LogP contribution in [-0.2, 0) is 11.2 Å². The molecule has 0 bridgehead atoms. The lowest BCUT2D eigenvalue weighted by molar-refractivity contribution is -0.129. The molecule has 1 aromatic heterocycles. The van der Waals surface area contributed by atoms with E-state index in [2.05, 4.69) is 5.32 Å². The molecule has 0 radical (unpaired) electrons. The average molecular weight is 252 g/mol. The van der Waals surface area contributed by atoms with Crippen LogP contribution >= 0.6 is 11.3 Å². The van der Waals surface area contributed by atoms with E-state index in [1.807, 2.05) is 29.5 Å². The molecule has 1 fully saturated rings. The van der Waals surface area contributed by atoms with Crippen LogP contribution in [0.15, 0.2) is 17.5 Å². The Balaban J connectivity index is 1.78. The highest BCUT2D eigenvalue weighted by Gasteiger charge is 2.18. The van der Waals surface area contributed by atoms with Crippen molar-refractivity contribution in [2.75, 3.05) is 26.7 Å². The van der Waals surface area contributed by atoms with Crippen LogP contribution < -0.4 is 5.32 Å². The molecular weight excluding hydrogens is 232 g/mol. The zero-order valence-electron chi connectivity index (χ0n) is 10.3. The molecule has 3 nitrogen and oxygen atoms in total. The van der Waals surface area contributed by atoms with Crippen LogP contribution in [0.25, 0.3) is 0 Å². The van der Waals surface area contributed by atoms with Crippen molar-refractivity contribution < 1.29 is 4.79 Å². The molecule has 17 heavy (non-hydrogen) atoms. The number of carbonyl (C=O) groups excluding carboxylic acids is 1. The summed E-state index contributed by atoms with van der Waals surface area (Å²) < 4.78 is 0. The van der Waals surface area contributed by atoms with Gasteiger partial charge in [-0.15, -0.1) is 11.3 Å². The van der Waals surface area contributed by atoms with Crippen molar-refractivity contribution in [2.24, 2.45) is 5.92 Å². The first-order chi connectivity index (χ1) is 8.25. The largest absolute Gasteiger partial charge is 0.345 e. The fourth-order valence-electron chi connectivity index (χ4n) is 2.27. The monoisotopic (exact) mass is 252 g/mol. The van der Waals surface area contributed by atoms with Gasteiger partial charge in [0.05, 0.1) is 6.42 Å². The van der Waals surface area contributed by atoms with E-state index in [1.54, 1.807) is 11.3 Å². The lowest BCUT2D eigenvalue weighted by Crippen LogP contribution is -2.39. The number of likely N-dealkylation sites (N-methyl/N-ethyl adjacent to an activating group) is 1. The standard InChI is InChI=1S/C13H20N2OS/c1-15(10-11-4-2-6-14-9-11)13(16)8-12-5-3-7-17-12/h3,5,7,11,14H,2,4,6,8-10H2,1H3. The van der Waals surface area contributed by atoms with E-state index in [9.17, 15) is 4.79 Å². The summed E-state index contributed by atoms with van der Waals surface area (Å²) in [6.07, 6.45) is 3.02. The highest BCUT2D eigenvalue weighted by atomic mass is 32.1. The summed E-state index contributed by atoms with van der Waals surface area (Å²) in [7, 11) is 1.92. The third-order valence-electron chi connectivity index (χ3n) is 3.26. The minimum atomic E-state index is 0.234. The number of thiophene rings is 1. The second-order valence-corrected chi connectivity index (χ2v) is 5.78. The van der Waals surface area contributed by atoms with Gasteiger partial charge in [-0.2, -0.15) is 0 Å². The second-order valence-electron chi connectivity index (χ2n) is 4.74. The van der Waals surface area contributed by atoms with Crippen LogP contribution in [0, 0.1) is 5.92 Å². The molecule has 1 N–H and O–H groups in total. The number of nitrogens with one attached hydrogen (secondary N) is 1. The quantitative estimate of drug-likeness (QED) is 0.885. The summed E-state index contributed by atoms with van der Waals surface area (Å²) in [4.78, 5) is 15.0. The Kier molecular flexibility index (Phi) is 4.57. The van der Waals surface area contributed by atoms with Crippen molar-refractivity contribution in [3.05, 3.63) is 22.4 Å². The second kappa shape index (κ2) is 6.17. The van der Waals surface area contributed by atoms with Crippen LogP contribution in [0.3, 0.4) is 0 Å². The SMILES string of the molecule is CN(CC1CCCNC1)C(=O)Cc1cccs1. The average Bonchev–Trinajstić information content (AvgIpc) is 2.83. The van der Waals surface area contributed by atoms with Crippen molar-refractivity contribution in [1.82, 2.24) is 10.2 Å². The lowest BCUT2D eigenvalue weighted by Gasteiger charge is -2.27. The third kappa shape index (κ3) is 3.82. The highest BCUT2D eigenvalue weighted by molar-refractivity contribution is 7.10. The molecule has 1 saturated heterocycles. The first-order valence-corrected chi connectivity index (χ1v) is 7.10. The summed E-state index contributed by atoms with van der Waals surface area (Å²) in [5.41, 5.74) is 0. The Bertz CT molecular complexity index is 344. The van der Waals surface area contributed by atoms with Gasteiger partial charge in [-0.05, 0) is 43.3 Å². The molecule has 1 aliphatic rings. The van der Waals surface area contributed by atoms with Gasteiger partial charge in [0.1, 0.15) is 0 Å². The predicted octanol–water partition coefficient (Wildman–Crippen LogP) is 1.75. The van der Waals surface area contributed by atoms with Crippen LogP contribution in [0.2, 0.25) is 0 Å². The molecule has 2 heterocycles. The van der Waals surface area contributed by atoms with E-state index in [0.29, 0.717) is 12.3 Å². The van der Waals surface area contributed by atoms with Gasteiger partial charge in [0.2, 0.25) is 5.91 Å². The Hall–Kier alpha value is -0.870. The molecule has 1 unspecified atom stereocenters. The van der Waals surface area contributed by atoms with Crippen LogP contribution in [-0.4, -0.2) is 37.5 Å². The van der Waals surface area contributed by atoms with Gasteiger partial charge < -0.3 is 10.2 Å². The topological polar surface area (TPSA) is 32.3 Å². The predicted molar refractivity (Wildman–Crippen MR) is 71.3 cm³/mol. The van der Waals surface area contributed by atoms with Crippen LogP contribution in [0.4, 0.5) is 0 Å². The van der Waals surface area contributed by atoms with Crippen molar-refractivity contribution >= 4 is 17.2 Å². The third-order valence-corrected chi connectivity index (χ3v) is 4.14. The number of nitrogens with zero attached hydrogens (tertiary/aromatic N) is 1. The van der Waals surface area contributed by atoms with Gasteiger partial charge in [0.15, 0.2) is 0 Å². The fourth-order valence-corrected chi connectivity index (χ4v) is 2.96. The fraction of sp³-hybridized carbons (Fsp3) is 0.615. The first-order valence-electron chi connectivity index (χ1n) is 6.23. The van der Waals surface area contributed by atoms with Gasteiger partial charge in [0.25, 0.3) is 0 Å². The molecule has 1 aromatic rings. The molecule has 94 valence electrons. The summed E-state index contributed by atoms with van der Waals surface area (Å²) >= 11 is 1.65. The highest BCUT2D eigenvalue weighted by Crippen LogP contribution is 2.13. The minimum Gasteiger partial charge on any atom is -0.345 e. The van der Waals surface area contributed by atoms with Gasteiger partial charge in [-0.25, -0.2) is 0 Å². The van der Waals surface area contributed by atoms with Crippen molar-refractivity contribution in [3.63, 3.8) is 0 Å². The summed E-state index contributed by atoms with van der Waals surface area (Å²) in [5.74, 6) is 0.860. The minimum absolute atomic E-state index is 0.234. The van der Waals surface area contributed by atoms with Crippen molar-refractivity contribution in [2.45, 2.75) is 19.3 Å². The van der Waals surface area contributed by atoms with E-state index >= 15 is 0 Å². The van der Waals surface area contributed by atoms with E-state index in [4.69, 9.17) is 0 Å². The van der Waals surface area contributed by atoms with E-state index in [-0.39, 0.29) is 5.91 Å². The van der Waals surface area contributed by atoms with E-state index in [1.165, 1.54) is 12.8 Å². The molecule has 0 aliphatic carbocycles. The van der Waals surface area contributed by atoms with Gasteiger partial charge >= 0.3 is 0 Å². The number of piperidine rings is 1. The van der Waals surface area contributed by atoms with Crippen molar-refractivity contribution in [1.29, 1.82) is 0 Å². The van der Waals surface area contributed by atoms with Gasteiger partial charge in [-0.3, -0.25) is 4.79 Å². The molecule has 0 saturated carbocycles. The molecule has 1 amide bonds. The maximum absolute atomic E-state index is 12.0. The Morgan fingerprint density at radius 1 is 1.65 bits per heavy atom. The number of hydrogen-bond acceptors (Lipinski definition) is 3. The summed E-state index contributed by atoms with van der Waals surface area (Å²) in [6, 6.07) is 4.02. The number of hydrogen-bond donors (Lipinski definition) is 1. The smallest absolute Gasteiger partial charge is 0.227 e. The number of rotatable bonds is 4. The van der Waals surface area contributed by atoms with Crippen molar-refractivity contribution in [3.8, 4) is 0 Å². The maximum Gasteiger partial charge on any atom is 0.227 e. The molecule has 0 aromatic carbocycles. The Morgan fingerprint density at radius 3 is 3.18 bits per heavy atom. The van der Waals surface area contributed by atoms with Gasteiger partial charge in [0, 0.05) is 18.5 Å². The molecule has 1 aliphatic heterocycles. The summed E-state index contributed by atoms with van der Waals surface area (Å²) in [5, 5.41) is 5.41. The summed E-state index contributed by atoms with van der Waals surface area (Å²) in [6.45, 7) is 3.07. The lowest BCUT2D eigenvalue weighted by atomic mass is 9.99. The van der Waals surface area contributed by atoms with E-state index < -0.39 is 0 Å². The number of carbonyl (C=O) groups is 1. The number of amides is 1. The maximum atomic E-state index is 12.0. The van der Waals surface area contributed by atoms with E-state index in [0.717, 1.165) is 24.5 Å². The first kappa shape index (κ1) is 12.6. The zero-order valence-corrected chi connectivity index (χ0v) is 11.1.